The molecule has 0 spiro atoms. The third-order valence-corrected chi connectivity index (χ3v) is 3.21. The fourth-order valence-electron chi connectivity index (χ4n) is 2.28. The zero-order valence-electron chi connectivity index (χ0n) is 11.3. The van der Waals surface area contributed by atoms with Gasteiger partial charge in [0.25, 0.3) is 0 Å². The fourth-order valence-corrected chi connectivity index (χ4v) is 2.28. The van der Waals surface area contributed by atoms with Crippen molar-refractivity contribution in [2.75, 3.05) is 6.61 Å². The summed E-state index contributed by atoms with van der Waals surface area (Å²) in [6, 6.07) is 15.8. The molecule has 3 nitrogen and oxygen atoms in total. The number of hydrogen-bond acceptors (Lipinski definition) is 3. The summed E-state index contributed by atoms with van der Waals surface area (Å²) in [6.45, 7) is 5.67. The Hall–Kier alpha value is -2.00. The summed E-state index contributed by atoms with van der Waals surface area (Å²) in [4.78, 5) is 10.2. The van der Waals surface area contributed by atoms with E-state index in [1.165, 1.54) is 0 Å². The van der Waals surface area contributed by atoms with Gasteiger partial charge >= 0.3 is 0 Å². The summed E-state index contributed by atoms with van der Waals surface area (Å²) in [5.41, 5.74) is 2.07. The van der Waals surface area contributed by atoms with E-state index in [1.54, 1.807) is 0 Å². The average Bonchev–Trinajstić information content (AvgIpc) is 2.53. The molecule has 2 aromatic carbocycles. The molecule has 2 radical (unpaired) electrons. The summed E-state index contributed by atoms with van der Waals surface area (Å²) < 4.78 is 5.83. The molecule has 1 atom stereocenters. The Kier molecular flexibility index (Phi) is 3.88. The van der Waals surface area contributed by atoms with Gasteiger partial charge < -0.3 is 9.62 Å². The van der Waals surface area contributed by atoms with Gasteiger partial charge in [0.1, 0.15) is 5.75 Å². The van der Waals surface area contributed by atoms with Gasteiger partial charge in [-0.05, 0) is 24.1 Å². The van der Waals surface area contributed by atoms with E-state index in [0.717, 1.165) is 23.3 Å². The van der Waals surface area contributed by atoms with Gasteiger partial charge in [-0.3, -0.25) is 0 Å². The Morgan fingerprint density at radius 3 is 2.75 bits per heavy atom. The predicted molar refractivity (Wildman–Crippen MR) is 75.5 cm³/mol. The molecule has 0 fully saturated rings. The van der Waals surface area contributed by atoms with Crippen LogP contribution in [0.5, 0.6) is 11.5 Å². The molecule has 1 aliphatic heterocycles. The van der Waals surface area contributed by atoms with E-state index in [9.17, 15) is 0 Å². The maximum atomic E-state index is 5.83. The first-order valence-electron chi connectivity index (χ1n) is 6.80. The summed E-state index contributed by atoms with van der Waals surface area (Å²) in [5.74, 6) is 1.41. The van der Waals surface area contributed by atoms with Crippen LogP contribution < -0.4 is 9.62 Å². The molecule has 1 heterocycles. The Bertz CT molecular complexity index is 566. The lowest BCUT2D eigenvalue weighted by Gasteiger charge is -2.25. The lowest BCUT2D eigenvalue weighted by molar-refractivity contribution is -0.186. The molecule has 1 unspecified atom stereocenters. The normalized spacial score (nSPS) is 17.1. The van der Waals surface area contributed by atoms with Crippen molar-refractivity contribution >= 4 is 0 Å². The van der Waals surface area contributed by atoms with Gasteiger partial charge in [-0.25, -0.2) is 0 Å². The predicted octanol–water partition coefficient (Wildman–Crippen LogP) is 3.97. The van der Waals surface area contributed by atoms with Crippen molar-refractivity contribution in [3.63, 3.8) is 0 Å². The van der Waals surface area contributed by atoms with Crippen LogP contribution >= 0.6 is 0 Å². The van der Waals surface area contributed by atoms with Crippen molar-refractivity contribution in [2.24, 2.45) is 0 Å². The molecule has 0 aliphatic carbocycles. The zero-order chi connectivity index (χ0) is 13.8. The van der Waals surface area contributed by atoms with E-state index >= 15 is 0 Å². The Labute approximate surface area is 119 Å². The third kappa shape index (κ3) is 2.49. The summed E-state index contributed by atoms with van der Waals surface area (Å²) in [6.07, 6.45) is 0.963. The molecule has 0 saturated carbocycles. The van der Waals surface area contributed by atoms with Crippen LogP contribution in [0.4, 0.5) is 0 Å². The van der Waals surface area contributed by atoms with Gasteiger partial charge in [-0.15, -0.1) is 0 Å². The van der Waals surface area contributed by atoms with E-state index in [0.29, 0.717) is 12.4 Å². The molecule has 0 saturated heterocycles. The molecule has 0 bridgehead atoms. The van der Waals surface area contributed by atoms with Crippen molar-refractivity contribution < 1.29 is 14.5 Å². The quantitative estimate of drug-likeness (QED) is 0.785. The first-order chi connectivity index (χ1) is 9.90. The van der Waals surface area contributed by atoms with Gasteiger partial charge in [0.2, 0.25) is 6.61 Å². The Morgan fingerprint density at radius 1 is 1.10 bits per heavy atom. The molecule has 3 rings (SSSR count). The lowest BCUT2D eigenvalue weighted by Crippen LogP contribution is -2.15. The molecule has 0 aromatic heterocycles. The molecule has 0 amide bonds. The van der Waals surface area contributed by atoms with Crippen LogP contribution in [0.2, 0.25) is 0 Å². The van der Waals surface area contributed by atoms with Crippen molar-refractivity contribution in [2.45, 2.75) is 19.3 Å². The van der Waals surface area contributed by atoms with Gasteiger partial charge in [-0.1, -0.05) is 43.3 Å². The maximum Gasteiger partial charge on any atom is 0.200 e. The van der Waals surface area contributed by atoms with E-state index in [4.69, 9.17) is 14.5 Å². The molecule has 20 heavy (non-hydrogen) atoms. The van der Waals surface area contributed by atoms with Gasteiger partial charge in [-0.2, -0.15) is 4.89 Å². The van der Waals surface area contributed by atoms with Crippen LogP contribution in [-0.2, 0) is 4.89 Å². The minimum absolute atomic E-state index is 0.104. The largest absolute Gasteiger partial charge is 0.493 e. The van der Waals surface area contributed by atoms with Crippen LogP contribution in [0.25, 0.3) is 0 Å². The highest BCUT2D eigenvalue weighted by Crippen LogP contribution is 2.43. The summed E-state index contributed by atoms with van der Waals surface area (Å²) in [5, 5.41) is 0. The molecule has 102 valence electrons. The van der Waals surface area contributed by atoms with Crippen molar-refractivity contribution in [3.05, 3.63) is 66.3 Å². The van der Waals surface area contributed by atoms with Crippen LogP contribution in [0, 0.1) is 6.61 Å². The highest BCUT2D eigenvalue weighted by Gasteiger charge is 2.29. The lowest BCUT2D eigenvalue weighted by atomic mass is 9.90. The molecule has 1 aliphatic rings. The van der Waals surface area contributed by atoms with Crippen molar-refractivity contribution in [1.82, 2.24) is 0 Å². The van der Waals surface area contributed by atoms with Crippen LogP contribution in [0.1, 0.15) is 30.4 Å². The summed E-state index contributed by atoms with van der Waals surface area (Å²) >= 11 is 0. The van der Waals surface area contributed by atoms with Crippen LogP contribution in [0.15, 0.2) is 48.5 Å². The van der Waals surface area contributed by atoms with Crippen LogP contribution in [0.3, 0.4) is 0 Å². The second-order valence-corrected chi connectivity index (χ2v) is 4.64. The highest BCUT2D eigenvalue weighted by atomic mass is 17.2. The van der Waals surface area contributed by atoms with Crippen LogP contribution in [-0.4, -0.2) is 6.61 Å². The number of hydrogen-bond donors (Lipinski definition) is 0. The smallest absolute Gasteiger partial charge is 0.200 e. The first kappa shape index (κ1) is 13.0. The SMILES string of the molecule is CCCOc1cccc2c1C(c1ccccc1)[C]OO2. The van der Waals surface area contributed by atoms with Crippen molar-refractivity contribution in [1.29, 1.82) is 0 Å². The second kappa shape index (κ2) is 5.97. The van der Waals surface area contributed by atoms with Gasteiger partial charge in [0.15, 0.2) is 5.75 Å². The van der Waals surface area contributed by atoms with E-state index in [-0.39, 0.29) is 5.92 Å². The minimum atomic E-state index is -0.104. The zero-order valence-corrected chi connectivity index (χ0v) is 11.3. The highest BCUT2D eigenvalue weighted by molar-refractivity contribution is 5.52. The molecule has 3 heteroatoms. The fraction of sp³-hybridized carbons (Fsp3) is 0.235. The molecule has 2 aromatic rings. The third-order valence-electron chi connectivity index (χ3n) is 3.21. The monoisotopic (exact) mass is 268 g/mol. The molecular formula is C17H16O3. The number of rotatable bonds is 4. The Balaban J connectivity index is 2.02. The number of fused-ring (bicyclic) bond motifs is 1. The molecule has 0 N–H and O–H groups in total. The summed E-state index contributed by atoms with van der Waals surface area (Å²) in [7, 11) is 0. The van der Waals surface area contributed by atoms with E-state index < -0.39 is 0 Å². The topological polar surface area (TPSA) is 27.7 Å². The van der Waals surface area contributed by atoms with Gasteiger partial charge in [0.05, 0.1) is 18.1 Å². The van der Waals surface area contributed by atoms with Gasteiger partial charge in [0, 0.05) is 0 Å². The Morgan fingerprint density at radius 2 is 1.95 bits per heavy atom. The molecular weight excluding hydrogens is 252 g/mol. The van der Waals surface area contributed by atoms with E-state index in [1.807, 2.05) is 48.5 Å². The number of benzene rings is 2. The van der Waals surface area contributed by atoms with Crippen molar-refractivity contribution in [3.8, 4) is 11.5 Å². The maximum absolute atomic E-state index is 5.83. The van der Waals surface area contributed by atoms with E-state index in [2.05, 4.69) is 13.5 Å². The minimum Gasteiger partial charge on any atom is -0.493 e. The average molecular weight is 268 g/mol. The number of ether oxygens (including phenoxy) is 1. The second-order valence-electron chi connectivity index (χ2n) is 4.64. The standard InChI is InChI=1S/C17H16O3/c1-2-11-18-15-9-6-10-16-17(15)14(12-19-20-16)13-7-4-3-5-8-13/h3-10,14H,2,11H2,1H3. The first-order valence-corrected chi connectivity index (χ1v) is 6.80.